The van der Waals surface area contributed by atoms with E-state index in [1.165, 1.54) is 11.4 Å². The molecule has 0 unspecified atom stereocenters. The Kier molecular flexibility index (Phi) is 4.28. The molecule has 2 aromatic rings. The fourth-order valence-electron chi connectivity index (χ4n) is 1.51. The van der Waals surface area contributed by atoms with E-state index >= 15 is 0 Å². The summed E-state index contributed by atoms with van der Waals surface area (Å²) in [5.41, 5.74) is 1.89. The van der Waals surface area contributed by atoms with E-state index < -0.39 is 10.0 Å². The fourth-order valence-corrected chi connectivity index (χ4v) is 3.34. The number of nitrogens with one attached hydrogen (secondary N) is 1. The Hall–Kier alpha value is -1.22. The van der Waals surface area contributed by atoms with Crippen LogP contribution in [-0.2, 0) is 10.0 Å². The van der Waals surface area contributed by atoms with Gasteiger partial charge in [0.05, 0.1) is 5.56 Å². The number of thiophene rings is 1. The van der Waals surface area contributed by atoms with Gasteiger partial charge >= 0.3 is 0 Å². The summed E-state index contributed by atoms with van der Waals surface area (Å²) in [4.78, 5) is 12.0. The van der Waals surface area contributed by atoms with Crippen molar-refractivity contribution in [3.8, 4) is 0 Å². The number of hydrogen-bond donors (Lipinski definition) is 2. The SMILES string of the molecule is Cc1cc(NC(=O)c2csc(S(N)(=O)=O)c2)ccc1Br. The lowest BCUT2D eigenvalue weighted by Gasteiger charge is -2.05. The molecule has 106 valence electrons. The topological polar surface area (TPSA) is 89.3 Å². The van der Waals surface area contributed by atoms with Crippen LogP contribution in [-0.4, -0.2) is 14.3 Å². The summed E-state index contributed by atoms with van der Waals surface area (Å²) in [5.74, 6) is -0.377. The van der Waals surface area contributed by atoms with Crippen LogP contribution in [0.4, 0.5) is 5.69 Å². The molecule has 0 radical (unpaired) electrons. The highest BCUT2D eigenvalue weighted by atomic mass is 79.9. The summed E-state index contributed by atoms with van der Waals surface area (Å²) in [6.07, 6.45) is 0. The van der Waals surface area contributed by atoms with Crippen LogP contribution in [0.25, 0.3) is 0 Å². The van der Waals surface area contributed by atoms with Crippen LogP contribution in [0.1, 0.15) is 15.9 Å². The zero-order valence-electron chi connectivity index (χ0n) is 10.4. The average Bonchev–Trinajstić information content (AvgIpc) is 2.83. The molecule has 1 heterocycles. The minimum atomic E-state index is -3.77. The smallest absolute Gasteiger partial charge is 0.256 e. The predicted octanol–water partition coefficient (Wildman–Crippen LogP) is 2.72. The molecule has 5 nitrogen and oxygen atoms in total. The van der Waals surface area contributed by atoms with E-state index in [-0.39, 0.29) is 15.7 Å². The van der Waals surface area contributed by atoms with Gasteiger partial charge in [0.1, 0.15) is 4.21 Å². The number of primary sulfonamides is 1. The summed E-state index contributed by atoms with van der Waals surface area (Å²) >= 11 is 4.29. The maximum absolute atomic E-state index is 12.0. The monoisotopic (exact) mass is 374 g/mol. The summed E-state index contributed by atoms with van der Waals surface area (Å²) in [7, 11) is -3.77. The molecule has 0 aliphatic carbocycles. The van der Waals surface area contributed by atoms with E-state index in [1.807, 2.05) is 19.1 Å². The molecule has 20 heavy (non-hydrogen) atoms. The number of rotatable bonds is 3. The number of anilines is 1. The predicted molar refractivity (Wildman–Crippen MR) is 82.5 cm³/mol. The summed E-state index contributed by atoms with van der Waals surface area (Å²) in [5, 5.41) is 9.17. The Labute approximate surface area is 129 Å². The zero-order valence-corrected chi connectivity index (χ0v) is 13.6. The first-order valence-electron chi connectivity index (χ1n) is 5.46. The molecular formula is C12H11BrN2O3S2. The van der Waals surface area contributed by atoms with Crippen molar-refractivity contribution < 1.29 is 13.2 Å². The first-order chi connectivity index (χ1) is 9.27. The van der Waals surface area contributed by atoms with Crippen molar-refractivity contribution in [3.63, 3.8) is 0 Å². The molecule has 0 aliphatic heterocycles. The van der Waals surface area contributed by atoms with Gasteiger partial charge in [-0.1, -0.05) is 15.9 Å². The van der Waals surface area contributed by atoms with Gasteiger partial charge in [-0.3, -0.25) is 4.79 Å². The first kappa shape index (κ1) is 15.2. The van der Waals surface area contributed by atoms with E-state index in [1.54, 1.807) is 6.07 Å². The van der Waals surface area contributed by atoms with Crippen LogP contribution in [0.15, 0.2) is 38.3 Å². The van der Waals surface area contributed by atoms with Gasteiger partial charge in [0.25, 0.3) is 5.91 Å². The lowest BCUT2D eigenvalue weighted by atomic mass is 10.2. The molecule has 0 bridgehead atoms. The van der Waals surface area contributed by atoms with E-state index in [9.17, 15) is 13.2 Å². The van der Waals surface area contributed by atoms with Gasteiger partial charge < -0.3 is 5.32 Å². The van der Waals surface area contributed by atoms with E-state index in [4.69, 9.17) is 5.14 Å². The summed E-state index contributed by atoms with van der Waals surface area (Å²) < 4.78 is 23.2. The van der Waals surface area contributed by atoms with Crippen LogP contribution in [0.2, 0.25) is 0 Å². The summed E-state index contributed by atoms with van der Waals surface area (Å²) in [6, 6.07) is 6.66. The van der Waals surface area contributed by atoms with E-state index in [2.05, 4.69) is 21.2 Å². The van der Waals surface area contributed by atoms with Gasteiger partial charge in [0.2, 0.25) is 10.0 Å². The third-order valence-corrected chi connectivity index (χ3v) is 5.81. The number of amides is 1. The van der Waals surface area contributed by atoms with E-state index in [0.29, 0.717) is 5.69 Å². The van der Waals surface area contributed by atoms with Crippen molar-refractivity contribution in [2.45, 2.75) is 11.1 Å². The second-order valence-corrected chi connectivity index (χ2v) is 7.67. The molecule has 0 fully saturated rings. The number of halogens is 1. The van der Waals surface area contributed by atoms with Gasteiger partial charge in [0.15, 0.2) is 0 Å². The van der Waals surface area contributed by atoms with Gasteiger partial charge in [-0.15, -0.1) is 11.3 Å². The minimum absolute atomic E-state index is 0.0327. The highest BCUT2D eigenvalue weighted by Gasteiger charge is 2.15. The average molecular weight is 375 g/mol. The lowest BCUT2D eigenvalue weighted by Crippen LogP contribution is -2.12. The molecular weight excluding hydrogens is 364 g/mol. The number of carbonyl (C=O) groups is 1. The van der Waals surface area contributed by atoms with Crippen molar-refractivity contribution in [2.75, 3.05) is 5.32 Å². The Balaban J connectivity index is 2.20. The van der Waals surface area contributed by atoms with Crippen molar-refractivity contribution >= 4 is 48.9 Å². The van der Waals surface area contributed by atoms with Gasteiger partial charge in [-0.25, -0.2) is 13.6 Å². The Morgan fingerprint density at radius 3 is 2.60 bits per heavy atom. The Morgan fingerprint density at radius 2 is 2.05 bits per heavy atom. The highest BCUT2D eigenvalue weighted by Crippen LogP contribution is 2.22. The number of hydrogen-bond acceptors (Lipinski definition) is 4. The third-order valence-electron chi connectivity index (χ3n) is 2.53. The molecule has 1 aromatic carbocycles. The maximum Gasteiger partial charge on any atom is 0.256 e. The Bertz CT molecular complexity index is 769. The molecule has 1 aromatic heterocycles. The van der Waals surface area contributed by atoms with Crippen LogP contribution in [0, 0.1) is 6.92 Å². The molecule has 1 amide bonds. The molecule has 8 heteroatoms. The van der Waals surface area contributed by atoms with Gasteiger partial charge in [-0.2, -0.15) is 0 Å². The quantitative estimate of drug-likeness (QED) is 0.865. The molecule has 0 saturated heterocycles. The minimum Gasteiger partial charge on any atom is -0.322 e. The largest absolute Gasteiger partial charge is 0.322 e. The normalized spacial score (nSPS) is 11.3. The number of aryl methyl sites for hydroxylation is 1. The van der Waals surface area contributed by atoms with Crippen molar-refractivity contribution in [1.82, 2.24) is 0 Å². The number of benzene rings is 1. The van der Waals surface area contributed by atoms with Crippen molar-refractivity contribution in [1.29, 1.82) is 0 Å². The molecule has 0 aliphatic rings. The van der Waals surface area contributed by atoms with Crippen LogP contribution < -0.4 is 10.5 Å². The second kappa shape index (κ2) is 5.65. The number of nitrogens with two attached hydrogens (primary N) is 1. The molecule has 0 saturated carbocycles. The van der Waals surface area contributed by atoms with Crippen LogP contribution in [0.5, 0.6) is 0 Å². The Morgan fingerprint density at radius 1 is 1.35 bits per heavy atom. The maximum atomic E-state index is 12.0. The molecule has 0 atom stereocenters. The highest BCUT2D eigenvalue weighted by molar-refractivity contribution is 9.10. The van der Waals surface area contributed by atoms with Gasteiger partial charge in [0, 0.05) is 15.5 Å². The first-order valence-corrected chi connectivity index (χ1v) is 8.68. The fraction of sp³-hybridized carbons (Fsp3) is 0.0833. The van der Waals surface area contributed by atoms with Crippen molar-refractivity contribution in [2.24, 2.45) is 5.14 Å². The lowest BCUT2D eigenvalue weighted by molar-refractivity contribution is 0.102. The molecule has 0 spiro atoms. The zero-order chi connectivity index (χ0) is 14.9. The molecule has 2 rings (SSSR count). The van der Waals surface area contributed by atoms with E-state index in [0.717, 1.165) is 21.4 Å². The van der Waals surface area contributed by atoms with Crippen LogP contribution in [0.3, 0.4) is 0 Å². The second-order valence-electron chi connectivity index (χ2n) is 4.12. The number of sulfonamides is 1. The van der Waals surface area contributed by atoms with Gasteiger partial charge in [-0.05, 0) is 36.8 Å². The summed E-state index contributed by atoms with van der Waals surface area (Å²) in [6.45, 7) is 1.91. The van der Waals surface area contributed by atoms with Crippen molar-refractivity contribution in [3.05, 3.63) is 45.2 Å². The molecule has 3 N–H and O–H groups in total. The number of carbonyl (C=O) groups excluding carboxylic acids is 1. The standard InChI is InChI=1S/C12H11BrN2O3S2/c1-7-4-9(2-3-10(7)13)15-12(16)8-5-11(19-6-8)20(14,17)18/h2-6H,1H3,(H,15,16)(H2,14,17,18). The third kappa shape index (κ3) is 3.45. The van der Waals surface area contributed by atoms with Crippen LogP contribution >= 0.6 is 27.3 Å².